The lowest BCUT2D eigenvalue weighted by atomic mass is 10.1. The summed E-state index contributed by atoms with van der Waals surface area (Å²) in [5.74, 6) is 0.768. The van der Waals surface area contributed by atoms with Crippen molar-refractivity contribution in [2.24, 2.45) is 0 Å². The first kappa shape index (κ1) is 11.8. The Hall–Kier alpha value is -2.95. The highest BCUT2D eigenvalue weighted by molar-refractivity contribution is 6.07. The van der Waals surface area contributed by atoms with Gasteiger partial charge >= 0.3 is 0 Å². The maximum atomic E-state index is 5.44. The van der Waals surface area contributed by atoms with Crippen molar-refractivity contribution in [2.75, 3.05) is 7.11 Å². The lowest BCUT2D eigenvalue weighted by Crippen LogP contribution is -1.92. The van der Waals surface area contributed by atoms with E-state index in [2.05, 4.69) is 15.4 Å². The van der Waals surface area contributed by atoms with Gasteiger partial charge in [-0.3, -0.25) is 0 Å². The monoisotopic (exact) mass is 276 g/mol. The van der Waals surface area contributed by atoms with Crippen molar-refractivity contribution in [3.8, 4) is 17.0 Å². The van der Waals surface area contributed by atoms with Gasteiger partial charge in [-0.2, -0.15) is 15.4 Å². The summed E-state index contributed by atoms with van der Waals surface area (Å²) >= 11 is 0. The first-order chi connectivity index (χ1) is 10.4. The largest absolute Gasteiger partial charge is 0.496 e. The van der Waals surface area contributed by atoms with Crippen molar-refractivity contribution in [3.05, 3.63) is 48.5 Å². The number of pyridine rings is 1. The van der Waals surface area contributed by atoms with Gasteiger partial charge in [-0.15, -0.1) is 0 Å². The van der Waals surface area contributed by atoms with Gasteiger partial charge in [0, 0.05) is 10.9 Å². The van der Waals surface area contributed by atoms with Gasteiger partial charge in [0.2, 0.25) is 0 Å². The normalized spacial score (nSPS) is 11.1. The highest BCUT2D eigenvalue weighted by Gasteiger charge is 2.16. The summed E-state index contributed by atoms with van der Waals surface area (Å²) in [5.41, 5.74) is 4.14. The quantitative estimate of drug-likeness (QED) is 0.610. The van der Waals surface area contributed by atoms with E-state index in [1.54, 1.807) is 7.11 Å². The van der Waals surface area contributed by atoms with E-state index >= 15 is 0 Å². The summed E-state index contributed by atoms with van der Waals surface area (Å²) in [6.45, 7) is 0. The van der Waals surface area contributed by atoms with Crippen LogP contribution in [0.5, 0.6) is 5.75 Å². The number of ether oxygens (including phenoxy) is 1. The van der Waals surface area contributed by atoms with Crippen molar-refractivity contribution in [1.82, 2.24) is 20.4 Å². The Balaban J connectivity index is 2.14. The number of fused-ring (bicyclic) bond motifs is 3. The SMILES string of the molecule is COc1ccccc1-c1nc2ccccc2c2n[nH]nc12. The molecule has 1 N–H and O–H groups in total. The fourth-order valence-electron chi connectivity index (χ4n) is 2.56. The molecule has 0 aliphatic rings. The zero-order valence-corrected chi connectivity index (χ0v) is 11.4. The van der Waals surface area contributed by atoms with Crippen LogP contribution in [0.4, 0.5) is 0 Å². The predicted octanol–water partition coefficient (Wildman–Crippen LogP) is 3.18. The second-order valence-corrected chi connectivity index (χ2v) is 4.70. The zero-order chi connectivity index (χ0) is 14.2. The van der Waals surface area contributed by atoms with Gasteiger partial charge in [-0.05, 0) is 18.2 Å². The van der Waals surface area contributed by atoms with Crippen LogP contribution in [0.25, 0.3) is 33.2 Å². The summed E-state index contributed by atoms with van der Waals surface area (Å²) in [7, 11) is 1.65. The summed E-state index contributed by atoms with van der Waals surface area (Å²) in [5, 5.41) is 12.2. The first-order valence-corrected chi connectivity index (χ1v) is 6.61. The Morgan fingerprint density at radius 2 is 1.67 bits per heavy atom. The second-order valence-electron chi connectivity index (χ2n) is 4.70. The summed E-state index contributed by atoms with van der Waals surface area (Å²) in [4.78, 5) is 4.75. The third-order valence-corrected chi connectivity index (χ3v) is 3.53. The summed E-state index contributed by atoms with van der Waals surface area (Å²) in [6, 6.07) is 15.7. The average Bonchev–Trinajstić information content (AvgIpc) is 3.04. The van der Waals surface area contributed by atoms with E-state index in [9.17, 15) is 0 Å². The van der Waals surface area contributed by atoms with Crippen molar-refractivity contribution < 1.29 is 4.74 Å². The number of benzene rings is 2. The molecule has 2 heterocycles. The average molecular weight is 276 g/mol. The molecule has 5 heteroatoms. The molecular formula is C16H12N4O. The number of hydrogen-bond donors (Lipinski definition) is 1. The summed E-state index contributed by atoms with van der Waals surface area (Å²) in [6.07, 6.45) is 0. The van der Waals surface area contributed by atoms with Crippen LogP contribution in [0.3, 0.4) is 0 Å². The van der Waals surface area contributed by atoms with Crippen molar-refractivity contribution in [2.45, 2.75) is 0 Å². The molecule has 0 unspecified atom stereocenters. The molecule has 0 aliphatic carbocycles. The van der Waals surface area contributed by atoms with Gasteiger partial charge < -0.3 is 4.74 Å². The van der Waals surface area contributed by atoms with Crippen LogP contribution in [0.1, 0.15) is 0 Å². The molecule has 0 radical (unpaired) electrons. The molecular weight excluding hydrogens is 264 g/mol. The van der Waals surface area contributed by atoms with Gasteiger partial charge in [0.05, 0.1) is 12.6 Å². The van der Waals surface area contributed by atoms with E-state index in [0.717, 1.165) is 38.9 Å². The highest BCUT2D eigenvalue weighted by atomic mass is 16.5. The fraction of sp³-hybridized carbons (Fsp3) is 0.0625. The molecule has 102 valence electrons. The predicted molar refractivity (Wildman–Crippen MR) is 81.2 cm³/mol. The number of aromatic amines is 1. The van der Waals surface area contributed by atoms with Crippen LogP contribution in [-0.4, -0.2) is 27.5 Å². The number of rotatable bonds is 2. The Labute approximate surface area is 120 Å². The molecule has 2 aromatic heterocycles. The molecule has 0 saturated carbocycles. The van der Waals surface area contributed by atoms with Gasteiger partial charge in [-0.25, -0.2) is 4.98 Å². The number of methoxy groups -OCH3 is 1. The second kappa shape index (κ2) is 4.56. The maximum absolute atomic E-state index is 5.44. The minimum atomic E-state index is 0.748. The third kappa shape index (κ3) is 1.74. The van der Waals surface area contributed by atoms with Gasteiger partial charge in [-0.1, -0.05) is 30.3 Å². The summed E-state index contributed by atoms with van der Waals surface area (Å²) < 4.78 is 5.44. The smallest absolute Gasteiger partial charge is 0.140 e. The number of aromatic nitrogens is 4. The number of nitrogens with zero attached hydrogens (tertiary/aromatic N) is 3. The lowest BCUT2D eigenvalue weighted by Gasteiger charge is -2.09. The molecule has 0 saturated heterocycles. The van der Waals surface area contributed by atoms with Gasteiger partial charge in [0.1, 0.15) is 22.5 Å². The standard InChI is InChI=1S/C16H12N4O/c1-21-13-9-5-3-7-11(13)14-16-15(18-20-19-16)10-6-2-4-8-12(10)17-14/h2-9H,1H3,(H,18,19,20). The molecule has 4 rings (SSSR count). The number of hydrogen-bond acceptors (Lipinski definition) is 4. The molecule has 0 spiro atoms. The Morgan fingerprint density at radius 1 is 0.905 bits per heavy atom. The van der Waals surface area contributed by atoms with E-state index in [-0.39, 0.29) is 0 Å². The Kier molecular flexibility index (Phi) is 2.57. The van der Waals surface area contributed by atoms with E-state index in [4.69, 9.17) is 9.72 Å². The zero-order valence-electron chi connectivity index (χ0n) is 11.4. The molecule has 0 amide bonds. The molecule has 0 bridgehead atoms. The van der Waals surface area contributed by atoms with E-state index in [1.807, 2.05) is 48.5 Å². The molecule has 5 nitrogen and oxygen atoms in total. The van der Waals surface area contributed by atoms with Crippen LogP contribution in [0.15, 0.2) is 48.5 Å². The minimum absolute atomic E-state index is 0.748. The first-order valence-electron chi connectivity index (χ1n) is 6.61. The minimum Gasteiger partial charge on any atom is -0.496 e. The van der Waals surface area contributed by atoms with Crippen molar-refractivity contribution in [3.63, 3.8) is 0 Å². The van der Waals surface area contributed by atoms with Crippen LogP contribution < -0.4 is 4.74 Å². The Morgan fingerprint density at radius 3 is 2.57 bits per heavy atom. The van der Waals surface area contributed by atoms with Gasteiger partial charge in [0.15, 0.2) is 0 Å². The molecule has 21 heavy (non-hydrogen) atoms. The van der Waals surface area contributed by atoms with E-state index in [1.165, 1.54) is 0 Å². The lowest BCUT2D eigenvalue weighted by molar-refractivity contribution is 0.416. The van der Waals surface area contributed by atoms with E-state index in [0.29, 0.717) is 0 Å². The van der Waals surface area contributed by atoms with Crippen LogP contribution in [0.2, 0.25) is 0 Å². The topological polar surface area (TPSA) is 63.7 Å². The molecule has 2 aromatic carbocycles. The number of H-pyrrole nitrogens is 1. The molecule has 4 aromatic rings. The number of para-hydroxylation sites is 2. The number of nitrogens with one attached hydrogen (secondary N) is 1. The third-order valence-electron chi connectivity index (χ3n) is 3.53. The fourth-order valence-corrected chi connectivity index (χ4v) is 2.56. The maximum Gasteiger partial charge on any atom is 0.140 e. The Bertz CT molecular complexity index is 945. The molecule has 0 aliphatic heterocycles. The van der Waals surface area contributed by atoms with Crippen LogP contribution >= 0.6 is 0 Å². The van der Waals surface area contributed by atoms with Crippen LogP contribution in [-0.2, 0) is 0 Å². The van der Waals surface area contributed by atoms with Crippen LogP contribution in [0, 0.1) is 0 Å². The molecule has 0 fully saturated rings. The van der Waals surface area contributed by atoms with Crippen molar-refractivity contribution >= 4 is 21.9 Å². The van der Waals surface area contributed by atoms with E-state index < -0.39 is 0 Å². The van der Waals surface area contributed by atoms with Gasteiger partial charge in [0.25, 0.3) is 0 Å². The van der Waals surface area contributed by atoms with Crippen molar-refractivity contribution in [1.29, 1.82) is 0 Å². The molecule has 0 atom stereocenters. The highest BCUT2D eigenvalue weighted by Crippen LogP contribution is 2.34.